The molecule has 2 rings (SSSR count). The predicted octanol–water partition coefficient (Wildman–Crippen LogP) is 0.0723. The summed E-state index contributed by atoms with van der Waals surface area (Å²) in [5.74, 6) is 0.864. The van der Waals surface area contributed by atoms with Crippen LogP contribution in [0, 0.1) is 0 Å². The highest BCUT2D eigenvalue weighted by molar-refractivity contribution is 7.99. The second-order valence-corrected chi connectivity index (χ2v) is 4.61. The van der Waals surface area contributed by atoms with Gasteiger partial charge in [0, 0.05) is 14.1 Å². The first-order chi connectivity index (χ1) is 7.56. The van der Waals surface area contributed by atoms with E-state index >= 15 is 0 Å². The molecule has 0 spiro atoms. The number of aromatic nitrogens is 4. The molecule has 86 valence electrons. The molecule has 0 atom stereocenters. The van der Waals surface area contributed by atoms with Crippen molar-refractivity contribution < 1.29 is 0 Å². The molecule has 2 aromatic rings. The van der Waals surface area contributed by atoms with Crippen LogP contribution in [0.2, 0.25) is 0 Å². The number of thioether (sulfide) groups is 1. The van der Waals surface area contributed by atoms with Crippen molar-refractivity contribution in [1.82, 2.24) is 19.1 Å². The molecule has 0 saturated heterocycles. The zero-order valence-corrected chi connectivity index (χ0v) is 10.1. The number of H-pyrrole nitrogens is 1. The molecular weight excluding hydrogens is 228 g/mol. The standard InChI is InChI=1S/C9H12N4O2S/c1-4-16-9-10-5-6(14)11-8(15)12(2)7(5)13(9)3/h4H2,1-3H3,(H,11,14,15). The van der Waals surface area contributed by atoms with E-state index in [2.05, 4.69) is 9.97 Å². The normalized spacial score (nSPS) is 11.2. The van der Waals surface area contributed by atoms with Crippen LogP contribution in [0.5, 0.6) is 0 Å². The van der Waals surface area contributed by atoms with E-state index in [9.17, 15) is 9.59 Å². The van der Waals surface area contributed by atoms with Gasteiger partial charge in [-0.25, -0.2) is 9.78 Å². The lowest BCUT2D eigenvalue weighted by atomic mass is 10.5. The predicted molar refractivity (Wildman–Crippen MR) is 63.0 cm³/mol. The maximum absolute atomic E-state index is 11.6. The number of aryl methyl sites for hydroxylation is 2. The topological polar surface area (TPSA) is 72.7 Å². The van der Waals surface area contributed by atoms with Crippen molar-refractivity contribution in [2.24, 2.45) is 14.1 Å². The highest BCUT2D eigenvalue weighted by Crippen LogP contribution is 2.19. The van der Waals surface area contributed by atoms with Crippen LogP contribution in [-0.2, 0) is 14.1 Å². The van der Waals surface area contributed by atoms with Gasteiger partial charge in [0.05, 0.1) is 0 Å². The number of hydrogen-bond donors (Lipinski definition) is 1. The summed E-state index contributed by atoms with van der Waals surface area (Å²) in [5.41, 5.74) is -0.00421. The summed E-state index contributed by atoms with van der Waals surface area (Å²) < 4.78 is 3.16. The average Bonchev–Trinajstić information content (AvgIpc) is 2.55. The van der Waals surface area contributed by atoms with Crippen molar-refractivity contribution in [3.63, 3.8) is 0 Å². The Morgan fingerprint density at radius 2 is 2.00 bits per heavy atom. The van der Waals surface area contributed by atoms with Crippen LogP contribution in [0.15, 0.2) is 14.7 Å². The smallest absolute Gasteiger partial charge is 0.308 e. The van der Waals surface area contributed by atoms with E-state index < -0.39 is 11.2 Å². The molecule has 7 heteroatoms. The van der Waals surface area contributed by atoms with Crippen molar-refractivity contribution in [3.05, 3.63) is 20.8 Å². The first-order valence-electron chi connectivity index (χ1n) is 4.84. The molecule has 2 aromatic heterocycles. The summed E-state index contributed by atoms with van der Waals surface area (Å²) in [5, 5.41) is 0.740. The van der Waals surface area contributed by atoms with Crippen LogP contribution < -0.4 is 11.2 Å². The van der Waals surface area contributed by atoms with Crippen LogP contribution in [0.25, 0.3) is 11.2 Å². The monoisotopic (exact) mass is 240 g/mol. The van der Waals surface area contributed by atoms with Crippen molar-refractivity contribution in [2.75, 3.05) is 5.75 Å². The average molecular weight is 240 g/mol. The Hall–Kier alpha value is -1.50. The zero-order chi connectivity index (χ0) is 11.9. The number of rotatable bonds is 2. The highest BCUT2D eigenvalue weighted by Gasteiger charge is 2.14. The largest absolute Gasteiger partial charge is 0.329 e. The van der Waals surface area contributed by atoms with Crippen LogP contribution >= 0.6 is 11.8 Å². The fourth-order valence-electron chi connectivity index (χ4n) is 1.60. The molecule has 0 radical (unpaired) electrons. The van der Waals surface area contributed by atoms with Gasteiger partial charge in [0.2, 0.25) is 0 Å². The molecule has 0 aliphatic rings. The summed E-state index contributed by atoms with van der Waals surface area (Å²) in [7, 11) is 3.41. The Kier molecular flexibility index (Phi) is 2.63. The fourth-order valence-corrected chi connectivity index (χ4v) is 2.29. The Bertz CT molecular complexity index is 652. The third kappa shape index (κ3) is 1.47. The Balaban J connectivity index is 2.91. The molecule has 0 amide bonds. The van der Waals surface area contributed by atoms with Gasteiger partial charge >= 0.3 is 5.69 Å². The van der Waals surface area contributed by atoms with Gasteiger partial charge in [-0.15, -0.1) is 0 Å². The summed E-state index contributed by atoms with van der Waals surface area (Å²) in [6, 6.07) is 0. The minimum atomic E-state index is -0.434. The summed E-state index contributed by atoms with van der Waals surface area (Å²) in [4.78, 5) is 29.5. The second kappa shape index (κ2) is 3.82. The van der Waals surface area contributed by atoms with Gasteiger partial charge in [0.1, 0.15) is 5.65 Å². The van der Waals surface area contributed by atoms with Gasteiger partial charge in [-0.1, -0.05) is 18.7 Å². The molecule has 6 nitrogen and oxygen atoms in total. The molecule has 16 heavy (non-hydrogen) atoms. The number of fused-ring (bicyclic) bond motifs is 1. The summed E-state index contributed by atoms with van der Waals surface area (Å²) in [6.45, 7) is 2.01. The van der Waals surface area contributed by atoms with Crippen LogP contribution in [0.4, 0.5) is 0 Å². The highest BCUT2D eigenvalue weighted by atomic mass is 32.2. The minimum Gasteiger partial charge on any atom is -0.308 e. The van der Waals surface area contributed by atoms with E-state index in [1.165, 1.54) is 16.3 Å². The molecular formula is C9H12N4O2S. The van der Waals surface area contributed by atoms with Crippen molar-refractivity contribution in [3.8, 4) is 0 Å². The van der Waals surface area contributed by atoms with E-state index in [0.717, 1.165) is 10.9 Å². The van der Waals surface area contributed by atoms with Crippen molar-refractivity contribution in [1.29, 1.82) is 0 Å². The van der Waals surface area contributed by atoms with E-state index in [1.807, 2.05) is 6.92 Å². The Labute approximate surface area is 95.3 Å². The van der Waals surface area contributed by atoms with E-state index in [4.69, 9.17) is 0 Å². The van der Waals surface area contributed by atoms with Crippen LogP contribution in [0.1, 0.15) is 6.92 Å². The Morgan fingerprint density at radius 3 is 2.62 bits per heavy atom. The van der Waals surface area contributed by atoms with E-state index in [-0.39, 0.29) is 0 Å². The first-order valence-corrected chi connectivity index (χ1v) is 5.83. The van der Waals surface area contributed by atoms with Gasteiger partial charge in [-0.3, -0.25) is 14.3 Å². The molecule has 0 aliphatic carbocycles. The molecule has 0 fully saturated rings. The van der Waals surface area contributed by atoms with Crippen molar-refractivity contribution >= 4 is 22.9 Å². The molecule has 1 N–H and O–H groups in total. The molecule has 0 aromatic carbocycles. The maximum atomic E-state index is 11.6. The molecule has 0 aliphatic heterocycles. The van der Waals surface area contributed by atoms with Gasteiger partial charge in [-0.05, 0) is 5.75 Å². The summed E-state index contributed by atoms with van der Waals surface area (Å²) in [6.07, 6.45) is 0. The number of nitrogens with zero attached hydrogens (tertiary/aromatic N) is 3. The molecule has 2 heterocycles. The number of imidazole rings is 1. The van der Waals surface area contributed by atoms with Gasteiger partial charge in [0.15, 0.2) is 10.7 Å². The van der Waals surface area contributed by atoms with Gasteiger partial charge in [0.25, 0.3) is 5.56 Å². The third-order valence-electron chi connectivity index (χ3n) is 2.36. The lowest BCUT2D eigenvalue weighted by Gasteiger charge is -2.02. The van der Waals surface area contributed by atoms with Gasteiger partial charge in [-0.2, -0.15) is 0 Å². The first kappa shape index (κ1) is 11.0. The van der Waals surface area contributed by atoms with Crippen LogP contribution in [-0.4, -0.2) is 24.9 Å². The Morgan fingerprint density at radius 1 is 1.31 bits per heavy atom. The zero-order valence-electron chi connectivity index (χ0n) is 9.27. The van der Waals surface area contributed by atoms with Crippen LogP contribution in [0.3, 0.4) is 0 Å². The minimum absolute atomic E-state index is 0.306. The van der Waals surface area contributed by atoms with Crippen molar-refractivity contribution in [2.45, 2.75) is 12.1 Å². The summed E-state index contributed by atoms with van der Waals surface area (Å²) >= 11 is 1.53. The quantitative estimate of drug-likeness (QED) is 0.754. The second-order valence-electron chi connectivity index (χ2n) is 3.38. The number of hydrogen-bond acceptors (Lipinski definition) is 4. The maximum Gasteiger partial charge on any atom is 0.329 e. The van der Waals surface area contributed by atoms with E-state index in [0.29, 0.717) is 11.2 Å². The molecule has 0 unspecified atom stereocenters. The lowest BCUT2D eigenvalue weighted by molar-refractivity contribution is 0.753. The van der Waals surface area contributed by atoms with Gasteiger partial charge < -0.3 is 4.57 Å². The SMILES string of the molecule is CCSc1nc2c(=O)[nH]c(=O)n(C)c2n1C. The third-order valence-corrected chi connectivity index (χ3v) is 3.27. The lowest BCUT2D eigenvalue weighted by Crippen LogP contribution is -2.29. The molecule has 0 saturated carbocycles. The number of aromatic amines is 1. The van der Waals surface area contributed by atoms with E-state index in [1.54, 1.807) is 18.7 Å². The molecule has 0 bridgehead atoms. The fraction of sp³-hybridized carbons (Fsp3) is 0.444. The number of nitrogens with one attached hydrogen (secondary N) is 1.